The minimum atomic E-state index is -0.353. The van der Waals surface area contributed by atoms with Crippen LogP contribution in [0.15, 0.2) is 22.7 Å². The van der Waals surface area contributed by atoms with Crippen molar-refractivity contribution in [2.45, 2.75) is 0 Å². The topological polar surface area (TPSA) is 26.3 Å². The van der Waals surface area contributed by atoms with E-state index in [0.717, 1.165) is 0 Å². The molecular weight excluding hydrogens is 208 g/mol. The van der Waals surface area contributed by atoms with Crippen LogP contribution < -0.4 is 0 Å². The molecule has 0 saturated carbocycles. The second-order valence-electron chi connectivity index (χ2n) is 1.89. The van der Waals surface area contributed by atoms with Crippen molar-refractivity contribution < 1.29 is 9.53 Å². The van der Waals surface area contributed by atoms with Gasteiger partial charge in [0, 0.05) is 4.47 Å². The standard InChI is InChI=1S/C8H6BrO2/c1-11-8(10)6-4-2-3-5-7(6)9/h2-4H,1H3. The van der Waals surface area contributed by atoms with Crippen LogP contribution in [0.4, 0.5) is 0 Å². The van der Waals surface area contributed by atoms with Crippen molar-refractivity contribution in [1.29, 1.82) is 0 Å². The highest BCUT2D eigenvalue weighted by atomic mass is 79.9. The molecule has 0 unspecified atom stereocenters. The van der Waals surface area contributed by atoms with Crippen LogP contribution in [0.5, 0.6) is 0 Å². The molecule has 0 aliphatic carbocycles. The van der Waals surface area contributed by atoms with Crippen LogP contribution in [0.3, 0.4) is 0 Å². The maximum absolute atomic E-state index is 11.0. The fourth-order valence-corrected chi connectivity index (χ4v) is 1.11. The summed E-state index contributed by atoms with van der Waals surface area (Å²) in [6.45, 7) is 0. The molecule has 0 aromatic heterocycles. The Bertz CT molecular complexity index is 271. The molecule has 1 radical (unpaired) electrons. The predicted molar refractivity (Wildman–Crippen MR) is 44.3 cm³/mol. The first kappa shape index (κ1) is 8.27. The number of ether oxygens (including phenoxy) is 1. The van der Waals surface area contributed by atoms with Gasteiger partial charge in [-0.05, 0) is 28.1 Å². The Morgan fingerprint density at radius 2 is 2.45 bits per heavy atom. The van der Waals surface area contributed by atoms with Crippen LogP contribution in [0.25, 0.3) is 0 Å². The summed E-state index contributed by atoms with van der Waals surface area (Å²) in [6, 6.07) is 7.96. The van der Waals surface area contributed by atoms with Gasteiger partial charge in [-0.25, -0.2) is 4.79 Å². The molecule has 0 atom stereocenters. The molecule has 2 nitrogen and oxygen atoms in total. The van der Waals surface area contributed by atoms with E-state index in [1.54, 1.807) is 18.2 Å². The molecule has 0 aliphatic rings. The Labute approximate surface area is 73.3 Å². The second-order valence-corrected chi connectivity index (χ2v) is 2.68. The highest BCUT2D eigenvalue weighted by Gasteiger charge is 2.07. The quantitative estimate of drug-likeness (QED) is 0.668. The van der Waals surface area contributed by atoms with Gasteiger partial charge in [-0.2, -0.15) is 0 Å². The van der Waals surface area contributed by atoms with Gasteiger partial charge in [0.1, 0.15) is 0 Å². The van der Waals surface area contributed by atoms with Gasteiger partial charge in [0.25, 0.3) is 0 Å². The molecule has 0 spiro atoms. The number of benzene rings is 1. The van der Waals surface area contributed by atoms with E-state index in [1.807, 2.05) is 0 Å². The third kappa shape index (κ3) is 1.80. The van der Waals surface area contributed by atoms with Gasteiger partial charge >= 0.3 is 5.97 Å². The zero-order chi connectivity index (χ0) is 8.27. The Kier molecular flexibility index (Phi) is 2.65. The Hall–Kier alpha value is -0.830. The number of rotatable bonds is 1. The first-order chi connectivity index (χ1) is 5.25. The van der Waals surface area contributed by atoms with Crippen molar-refractivity contribution >= 4 is 21.9 Å². The highest BCUT2D eigenvalue weighted by Crippen LogP contribution is 2.15. The van der Waals surface area contributed by atoms with Gasteiger partial charge in [-0.3, -0.25) is 0 Å². The number of esters is 1. The van der Waals surface area contributed by atoms with Gasteiger partial charge in [-0.15, -0.1) is 0 Å². The van der Waals surface area contributed by atoms with Crippen molar-refractivity contribution in [3.05, 3.63) is 34.3 Å². The maximum Gasteiger partial charge on any atom is 0.339 e. The lowest BCUT2D eigenvalue weighted by atomic mass is 10.2. The van der Waals surface area contributed by atoms with Crippen LogP contribution in [-0.4, -0.2) is 13.1 Å². The summed E-state index contributed by atoms with van der Waals surface area (Å²) in [5, 5.41) is 0. The molecular formula is C8H6BrO2. The van der Waals surface area contributed by atoms with Crippen molar-refractivity contribution in [1.82, 2.24) is 0 Å². The summed E-state index contributed by atoms with van der Waals surface area (Å²) < 4.78 is 5.16. The molecule has 1 aromatic rings. The first-order valence-electron chi connectivity index (χ1n) is 3.00. The van der Waals surface area contributed by atoms with Crippen LogP contribution in [0.2, 0.25) is 0 Å². The van der Waals surface area contributed by atoms with Crippen molar-refractivity contribution in [2.75, 3.05) is 7.11 Å². The lowest BCUT2D eigenvalue weighted by molar-refractivity contribution is 0.0599. The van der Waals surface area contributed by atoms with Gasteiger partial charge in [0.15, 0.2) is 0 Å². The predicted octanol–water partition coefficient (Wildman–Crippen LogP) is 2.04. The van der Waals surface area contributed by atoms with E-state index in [9.17, 15) is 4.79 Å². The summed E-state index contributed by atoms with van der Waals surface area (Å²) in [6.07, 6.45) is 0. The Morgan fingerprint density at radius 1 is 1.73 bits per heavy atom. The molecule has 0 aliphatic heterocycles. The largest absolute Gasteiger partial charge is 0.465 e. The Morgan fingerprint density at radius 3 is 3.00 bits per heavy atom. The first-order valence-corrected chi connectivity index (χ1v) is 3.79. The lowest BCUT2D eigenvalue weighted by Gasteiger charge is -1.99. The zero-order valence-electron chi connectivity index (χ0n) is 5.93. The fraction of sp³-hybridized carbons (Fsp3) is 0.125. The summed E-state index contributed by atoms with van der Waals surface area (Å²) in [5.41, 5.74) is 0.495. The molecule has 0 amide bonds. The third-order valence-electron chi connectivity index (χ3n) is 1.21. The normalized spacial score (nSPS) is 9.27. The second kappa shape index (κ2) is 3.53. The van der Waals surface area contributed by atoms with E-state index < -0.39 is 0 Å². The van der Waals surface area contributed by atoms with E-state index >= 15 is 0 Å². The number of carbonyl (C=O) groups excluding carboxylic acids is 1. The molecule has 11 heavy (non-hydrogen) atoms. The molecule has 0 heterocycles. The van der Waals surface area contributed by atoms with Gasteiger partial charge in [0.2, 0.25) is 0 Å². The van der Waals surface area contributed by atoms with Gasteiger partial charge in [0.05, 0.1) is 12.7 Å². The van der Waals surface area contributed by atoms with Crippen LogP contribution >= 0.6 is 15.9 Å². The van der Waals surface area contributed by atoms with Crippen molar-refractivity contribution in [3.63, 3.8) is 0 Å². The smallest absolute Gasteiger partial charge is 0.339 e. The molecule has 0 N–H and O–H groups in total. The van der Waals surface area contributed by atoms with Crippen molar-refractivity contribution in [3.8, 4) is 0 Å². The monoisotopic (exact) mass is 213 g/mol. The minimum Gasteiger partial charge on any atom is -0.465 e. The number of hydrogen-bond acceptors (Lipinski definition) is 2. The number of hydrogen-bond donors (Lipinski definition) is 0. The molecule has 0 fully saturated rings. The lowest BCUT2D eigenvalue weighted by Crippen LogP contribution is -2.01. The molecule has 1 aromatic carbocycles. The average Bonchev–Trinajstić information content (AvgIpc) is 2.04. The van der Waals surface area contributed by atoms with Crippen LogP contribution in [-0.2, 0) is 4.74 Å². The van der Waals surface area contributed by atoms with E-state index in [1.165, 1.54) is 7.11 Å². The SMILES string of the molecule is COC(=O)c1ccc[c]c1Br. The van der Waals surface area contributed by atoms with E-state index in [2.05, 4.69) is 26.7 Å². The molecule has 1 rings (SSSR count). The molecule has 0 bridgehead atoms. The van der Waals surface area contributed by atoms with Crippen molar-refractivity contribution in [2.24, 2.45) is 0 Å². The summed E-state index contributed by atoms with van der Waals surface area (Å²) in [4.78, 5) is 11.0. The van der Waals surface area contributed by atoms with E-state index in [4.69, 9.17) is 0 Å². The Balaban J connectivity index is 3.03. The summed E-state index contributed by atoms with van der Waals surface area (Å²) in [7, 11) is 1.35. The molecule has 0 saturated heterocycles. The highest BCUT2D eigenvalue weighted by molar-refractivity contribution is 9.10. The number of halogens is 1. The van der Waals surface area contributed by atoms with Crippen LogP contribution in [0.1, 0.15) is 10.4 Å². The number of methoxy groups -OCH3 is 1. The van der Waals surface area contributed by atoms with Gasteiger partial charge < -0.3 is 4.74 Å². The summed E-state index contributed by atoms with van der Waals surface area (Å²) >= 11 is 3.18. The van der Waals surface area contributed by atoms with Crippen LogP contribution in [0, 0.1) is 6.07 Å². The summed E-state index contributed by atoms with van der Waals surface area (Å²) in [5.74, 6) is -0.353. The number of carbonyl (C=O) groups is 1. The van der Waals surface area contributed by atoms with E-state index in [0.29, 0.717) is 10.0 Å². The molecule has 57 valence electrons. The van der Waals surface area contributed by atoms with Gasteiger partial charge in [-0.1, -0.05) is 12.1 Å². The average molecular weight is 214 g/mol. The fourth-order valence-electron chi connectivity index (χ4n) is 0.684. The van der Waals surface area contributed by atoms with E-state index in [-0.39, 0.29) is 5.97 Å². The maximum atomic E-state index is 11.0. The zero-order valence-corrected chi connectivity index (χ0v) is 7.51. The molecule has 3 heteroatoms. The third-order valence-corrected chi connectivity index (χ3v) is 1.87. The minimum absolute atomic E-state index is 0.353.